The van der Waals surface area contributed by atoms with E-state index in [1.54, 1.807) is 0 Å². The third kappa shape index (κ3) is 2.64. The first kappa shape index (κ1) is 16.5. The first-order valence-electron chi connectivity index (χ1n) is 8.63. The van der Waals surface area contributed by atoms with Gasteiger partial charge in [-0.05, 0) is 39.7 Å². The molecule has 0 N–H and O–H groups in total. The Hall–Kier alpha value is -1.92. The van der Waals surface area contributed by atoms with Gasteiger partial charge in [0, 0.05) is 12.0 Å². The predicted molar refractivity (Wildman–Crippen MR) is 88.9 cm³/mol. The van der Waals surface area contributed by atoms with Crippen LogP contribution in [0.25, 0.3) is 0 Å². The Balaban J connectivity index is 1.61. The van der Waals surface area contributed by atoms with E-state index in [2.05, 4.69) is 6.07 Å². The number of hydrogen-bond donors (Lipinski definition) is 0. The molecule has 2 atom stereocenters. The van der Waals surface area contributed by atoms with Gasteiger partial charge in [-0.25, -0.2) is 9.69 Å². The Labute approximate surface area is 147 Å². The molecule has 1 spiro atoms. The molecule has 2 fully saturated rings. The van der Waals surface area contributed by atoms with Crippen LogP contribution in [0, 0.1) is 6.92 Å². The highest BCUT2D eigenvalue weighted by molar-refractivity contribution is 6.04. The molecule has 2 aliphatic heterocycles. The largest absolute Gasteiger partial charge is 0.427 e. The molecular formula is C19H23NO5. The Morgan fingerprint density at radius 3 is 2.64 bits per heavy atom. The van der Waals surface area contributed by atoms with Crippen LogP contribution in [0.15, 0.2) is 18.2 Å². The molecule has 1 unspecified atom stereocenters. The van der Waals surface area contributed by atoms with E-state index in [1.807, 2.05) is 39.8 Å². The van der Waals surface area contributed by atoms with E-state index in [4.69, 9.17) is 14.2 Å². The van der Waals surface area contributed by atoms with Crippen LogP contribution in [0.3, 0.4) is 0 Å². The zero-order chi connectivity index (χ0) is 18.0. The second-order valence-corrected chi connectivity index (χ2v) is 8.16. The molecule has 0 aromatic heterocycles. The number of aryl methyl sites for hydroxylation is 2. The summed E-state index contributed by atoms with van der Waals surface area (Å²) in [4.78, 5) is 26.7. The summed E-state index contributed by atoms with van der Waals surface area (Å²) >= 11 is 0. The molecule has 25 heavy (non-hydrogen) atoms. The van der Waals surface area contributed by atoms with Crippen LogP contribution in [-0.4, -0.2) is 41.4 Å². The van der Waals surface area contributed by atoms with Crippen molar-refractivity contribution in [3.63, 3.8) is 0 Å². The van der Waals surface area contributed by atoms with Gasteiger partial charge in [-0.1, -0.05) is 23.8 Å². The van der Waals surface area contributed by atoms with Crippen molar-refractivity contribution in [1.82, 2.24) is 4.90 Å². The summed E-state index contributed by atoms with van der Waals surface area (Å²) in [7, 11) is 0. The highest BCUT2D eigenvalue weighted by Crippen LogP contribution is 2.46. The fraction of sp³-hybridized carbons (Fsp3) is 0.579. The predicted octanol–water partition coefficient (Wildman–Crippen LogP) is 2.66. The molecule has 6 heteroatoms. The quantitative estimate of drug-likeness (QED) is 0.788. The molecule has 1 aromatic rings. The lowest BCUT2D eigenvalue weighted by Crippen LogP contribution is -2.45. The molecule has 2 amide bonds. The van der Waals surface area contributed by atoms with Crippen molar-refractivity contribution in [3.05, 3.63) is 34.9 Å². The number of amides is 2. The minimum atomic E-state index is -1.18. The molecule has 1 aliphatic carbocycles. The molecule has 0 radical (unpaired) electrons. The van der Waals surface area contributed by atoms with Crippen LogP contribution >= 0.6 is 0 Å². The minimum Gasteiger partial charge on any atom is -0.427 e. The lowest BCUT2D eigenvalue weighted by atomic mass is 9.94. The van der Waals surface area contributed by atoms with Gasteiger partial charge >= 0.3 is 6.09 Å². The Bertz CT molecular complexity index is 762. The Morgan fingerprint density at radius 2 is 2.00 bits per heavy atom. The number of nitrogens with zero attached hydrogens (tertiary/aromatic N) is 1. The van der Waals surface area contributed by atoms with Crippen molar-refractivity contribution in [2.24, 2.45) is 0 Å². The standard InChI is InChI=1S/C19H23NO5/c1-12-5-6-14-13(9-12)7-8-19(14)15(21)20(16(22)24-19)10-18(11-23-18)25-17(2,3)4/h5-6,9H,7-8,10-11H2,1-4H3/t18?,19-/m0/s1. The summed E-state index contributed by atoms with van der Waals surface area (Å²) in [5.41, 5.74) is 1.40. The van der Waals surface area contributed by atoms with Gasteiger partial charge < -0.3 is 14.2 Å². The van der Waals surface area contributed by atoms with Gasteiger partial charge in [0.25, 0.3) is 5.91 Å². The normalized spacial score (nSPS) is 30.8. The molecular weight excluding hydrogens is 322 g/mol. The van der Waals surface area contributed by atoms with E-state index < -0.39 is 23.1 Å². The molecule has 3 aliphatic rings. The van der Waals surface area contributed by atoms with Crippen LogP contribution in [-0.2, 0) is 31.0 Å². The highest BCUT2D eigenvalue weighted by atomic mass is 16.8. The van der Waals surface area contributed by atoms with E-state index in [0.717, 1.165) is 28.0 Å². The lowest BCUT2D eigenvalue weighted by molar-refractivity contribution is -0.150. The van der Waals surface area contributed by atoms with E-state index in [-0.39, 0.29) is 12.5 Å². The number of imide groups is 1. The van der Waals surface area contributed by atoms with E-state index in [9.17, 15) is 9.59 Å². The summed E-state index contributed by atoms with van der Waals surface area (Å²) in [6.45, 7) is 8.18. The number of carbonyl (C=O) groups excluding carboxylic acids is 2. The molecule has 4 rings (SSSR count). The second kappa shape index (κ2) is 5.05. The number of ether oxygens (including phenoxy) is 3. The molecule has 2 heterocycles. The fourth-order valence-corrected chi connectivity index (χ4v) is 3.84. The van der Waals surface area contributed by atoms with Crippen molar-refractivity contribution in [1.29, 1.82) is 0 Å². The Kier molecular flexibility index (Phi) is 3.34. The first-order chi connectivity index (χ1) is 11.6. The number of carbonyl (C=O) groups is 2. The average molecular weight is 345 g/mol. The third-order valence-corrected chi connectivity index (χ3v) is 4.87. The van der Waals surface area contributed by atoms with Crippen molar-refractivity contribution in [3.8, 4) is 0 Å². The molecule has 0 bridgehead atoms. The Morgan fingerprint density at radius 1 is 1.28 bits per heavy atom. The average Bonchev–Trinajstić information content (AvgIpc) is 3.09. The van der Waals surface area contributed by atoms with Gasteiger partial charge in [-0.2, -0.15) is 0 Å². The molecule has 6 nitrogen and oxygen atoms in total. The fourth-order valence-electron chi connectivity index (χ4n) is 3.84. The number of fused-ring (bicyclic) bond motifs is 2. The van der Waals surface area contributed by atoms with Crippen molar-refractivity contribution in [2.45, 2.75) is 57.5 Å². The maximum Gasteiger partial charge on any atom is 0.418 e. The van der Waals surface area contributed by atoms with Crippen LogP contribution < -0.4 is 0 Å². The number of epoxide rings is 1. The van der Waals surface area contributed by atoms with Crippen molar-refractivity contribution < 1.29 is 23.8 Å². The van der Waals surface area contributed by atoms with Gasteiger partial charge in [0.1, 0.15) is 6.61 Å². The zero-order valence-corrected chi connectivity index (χ0v) is 15.0. The summed E-state index contributed by atoms with van der Waals surface area (Å²) < 4.78 is 17.0. The second-order valence-electron chi connectivity index (χ2n) is 8.16. The summed E-state index contributed by atoms with van der Waals surface area (Å²) in [5.74, 6) is -1.22. The maximum atomic E-state index is 13.1. The van der Waals surface area contributed by atoms with Crippen LogP contribution in [0.4, 0.5) is 4.79 Å². The lowest BCUT2D eigenvalue weighted by Gasteiger charge is -2.27. The number of benzene rings is 1. The first-order valence-corrected chi connectivity index (χ1v) is 8.63. The van der Waals surface area contributed by atoms with Gasteiger partial charge in [-0.15, -0.1) is 0 Å². The van der Waals surface area contributed by atoms with Crippen molar-refractivity contribution in [2.75, 3.05) is 13.2 Å². The number of rotatable bonds is 3. The smallest absolute Gasteiger partial charge is 0.418 e. The monoisotopic (exact) mass is 345 g/mol. The molecule has 2 saturated heterocycles. The van der Waals surface area contributed by atoms with Crippen LogP contribution in [0.1, 0.15) is 43.9 Å². The van der Waals surface area contributed by atoms with Gasteiger partial charge in [-0.3, -0.25) is 4.79 Å². The van der Waals surface area contributed by atoms with E-state index in [0.29, 0.717) is 13.0 Å². The number of hydrogen-bond acceptors (Lipinski definition) is 5. The SMILES string of the molecule is Cc1ccc2c(c1)CC[C@]21OC(=O)N(CC2(OC(C)(C)C)CO2)C1=O. The summed E-state index contributed by atoms with van der Waals surface area (Å²) in [6, 6.07) is 5.91. The van der Waals surface area contributed by atoms with Crippen LogP contribution in [0.5, 0.6) is 0 Å². The zero-order valence-electron chi connectivity index (χ0n) is 15.0. The van der Waals surface area contributed by atoms with Crippen LogP contribution in [0.2, 0.25) is 0 Å². The van der Waals surface area contributed by atoms with Gasteiger partial charge in [0.05, 0.1) is 12.1 Å². The molecule has 134 valence electrons. The van der Waals surface area contributed by atoms with E-state index in [1.165, 1.54) is 0 Å². The summed E-state index contributed by atoms with van der Waals surface area (Å²) in [5, 5.41) is 0. The van der Waals surface area contributed by atoms with Crippen molar-refractivity contribution >= 4 is 12.0 Å². The van der Waals surface area contributed by atoms with Gasteiger partial charge in [0.15, 0.2) is 0 Å². The highest BCUT2D eigenvalue weighted by Gasteiger charge is 2.61. The minimum absolute atomic E-state index is 0.0604. The molecule has 1 aromatic carbocycles. The maximum absolute atomic E-state index is 13.1. The van der Waals surface area contributed by atoms with E-state index >= 15 is 0 Å². The third-order valence-electron chi connectivity index (χ3n) is 4.87. The summed E-state index contributed by atoms with van der Waals surface area (Å²) in [6.07, 6.45) is 0.594. The topological polar surface area (TPSA) is 68.4 Å². The molecule has 0 saturated carbocycles. The van der Waals surface area contributed by atoms with Gasteiger partial charge in [0.2, 0.25) is 11.4 Å².